The summed E-state index contributed by atoms with van der Waals surface area (Å²) < 4.78 is 109. The van der Waals surface area contributed by atoms with Gasteiger partial charge in [-0.15, -0.1) is 0 Å². The van der Waals surface area contributed by atoms with Crippen LogP contribution in [0.2, 0.25) is 0 Å². The third-order valence-electron chi connectivity index (χ3n) is 1.86. The molecule has 0 atom stereocenters. The fourth-order valence-electron chi connectivity index (χ4n) is 0.700. The highest BCUT2D eigenvalue weighted by Crippen LogP contribution is 2.21. The minimum Gasteiger partial charge on any atom is -0.501 e. The Kier molecular flexibility index (Phi) is 10.6. The smallest absolute Gasteiger partial charge is 0.491 e. The average molecular weight is 406 g/mol. The van der Waals surface area contributed by atoms with E-state index in [-0.39, 0.29) is 0 Å². The molecule has 0 aromatic carbocycles. The van der Waals surface area contributed by atoms with E-state index in [0.717, 1.165) is 19.1 Å². The van der Waals surface area contributed by atoms with Crippen LogP contribution in [0.5, 0.6) is 0 Å². The zero-order valence-corrected chi connectivity index (χ0v) is 12.7. The molecule has 152 valence electrons. The zero-order chi connectivity index (χ0) is 21.2. The van der Waals surface area contributed by atoms with Crippen molar-refractivity contribution in [3.63, 3.8) is 0 Å². The molecule has 0 amide bonds. The van der Waals surface area contributed by atoms with Crippen molar-refractivity contribution in [2.24, 2.45) is 0 Å². The molecule has 5 nitrogen and oxygen atoms in total. The average Bonchev–Trinajstić information content (AvgIpc) is 2.44. The molecule has 14 heteroatoms. The lowest BCUT2D eigenvalue weighted by molar-refractivity contribution is -0.221. The van der Waals surface area contributed by atoms with Crippen molar-refractivity contribution in [2.45, 2.75) is 38.3 Å². The highest BCUT2D eigenvalue weighted by Gasteiger charge is 2.49. The number of alkyl halides is 9. The Labute approximate surface area is 139 Å². The maximum Gasteiger partial charge on any atom is 0.491 e. The first-order valence-electron chi connectivity index (χ1n) is 6.32. The molecule has 0 saturated heterocycles. The molecule has 0 aromatic rings. The lowest BCUT2D eigenvalue weighted by Crippen LogP contribution is -2.34. The van der Waals surface area contributed by atoms with Crippen molar-refractivity contribution >= 4 is 17.7 Å². The molecule has 0 heterocycles. The van der Waals surface area contributed by atoms with Crippen molar-refractivity contribution in [2.75, 3.05) is 6.61 Å². The van der Waals surface area contributed by atoms with Crippen LogP contribution in [0.4, 0.5) is 39.5 Å². The minimum atomic E-state index is -5.62. The predicted molar refractivity (Wildman–Crippen MR) is 64.3 cm³/mol. The zero-order valence-electron chi connectivity index (χ0n) is 12.7. The first-order chi connectivity index (χ1) is 11.5. The number of carbonyl (C=O) groups excluding carboxylic acids is 3. The normalized spacial score (nSPS) is 12.2. The number of esters is 2. The van der Waals surface area contributed by atoms with Crippen molar-refractivity contribution in [3.8, 4) is 0 Å². The van der Waals surface area contributed by atoms with E-state index in [1.54, 1.807) is 0 Å². The number of rotatable bonds is 5. The van der Waals surface area contributed by atoms with Gasteiger partial charge in [-0.05, 0) is 6.42 Å². The second-order valence-corrected chi connectivity index (χ2v) is 4.06. The third kappa shape index (κ3) is 13.1. The topological polar surface area (TPSA) is 69.7 Å². The monoisotopic (exact) mass is 406 g/mol. The van der Waals surface area contributed by atoms with Gasteiger partial charge in [0.25, 0.3) is 5.78 Å². The van der Waals surface area contributed by atoms with Crippen LogP contribution >= 0.6 is 0 Å². The molecular formula is C12H11F9O5. The first kappa shape index (κ1) is 26.0. The lowest BCUT2D eigenvalue weighted by atomic mass is 10.3. The lowest BCUT2D eigenvalue weighted by Gasteiger charge is -2.06. The van der Waals surface area contributed by atoms with Crippen LogP contribution in [-0.4, -0.2) is 42.9 Å². The molecule has 0 fully saturated rings. The summed E-state index contributed by atoms with van der Waals surface area (Å²) in [5.74, 6) is -8.30. The summed E-state index contributed by atoms with van der Waals surface area (Å²) in [4.78, 5) is 29.5. The summed E-state index contributed by atoms with van der Waals surface area (Å²) in [5.41, 5.74) is 0. The molecule has 26 heavy (non-hydrogen) atoms. The van der Waals surface area contributed by atoms with Gasteiger partial charge in [0.2, 0.25) is 0 Å². The van der Waals surface area contributed by atoms with Gasteiger partial charge in [-0.2, -0.15) is 39.5 Å². The Morgan fingerprint density at radius 1 is 0.808 bits per heavy atom. The predicted octanol–water partition coefficient (Wildman–Crippen LogP) is 3.63. The summed E-state index contributed by atoms with van der Waals surface area (Å²) in [6.45, 7) is 2.26. The van der Waals surface area contributed by atoms with Crippen LogP contribution in [0, 0.1) is 0 Å². The van der Waals surface area contributed by atoms with E-state index in [9.17, 15) is 53.9 Å². The van der Waals surface area contributed by atoms with E-state index in [2.05, 4.69) is 9.47 Å². The van der Waals surface area contributed by atoms with Crippen LogP contribution in [0.1, 0.15) is 19.8 Å². The highest BCUT2D eigenvalue weighted by molar-refractivity contribution is 5.94. The fourth-order valence-corrected chi connectivity index (χ4v) is 0.700. The number of allylic oxidation sites excluding steroid dienone is 1. The quantitative estimate of drug-likeness (QED) is 0.174. The van der Waals surface area contributed by atoms with E-state index in [0.29, 0.717) is 12.7 Å². The number of hydrogen-bond acceptors (Lipinski definition) is 5. The third-order valence-corrected chi connectivity index (χ3v) is 1.86. The molecule has 0 bridgehead atoms. The Hall–Kier alpha value is -2.28. The van der Waals surface area contributed by atoms with Gasteiger partial charge in [-0.1, -0.05) is 13.3 Å². The maximum absolute atomic E-state index is 11.6. The molecule has 0 aromatic heterocycles. The van der Waals surface area contributed by atoms with E-state index in [1.807, 2.05) is 6.92 Å². The molecular weight excluding hydrogens is 395 g/mol. The van der Waals surface area contributed by atoms with Crippen molar-refractivity contribution in [1.82, 2.24) is 0 Å². The van der Waals surface area contributed by atoms with Gasteiger partial charge in [-0.3, -0.25) is 4.79 Å². The Morgan fingerprint density at radius 2 is 1.23 bits per heavy atom. The van der Waals surface area contributed by atoms with Crippen LogP contribution in [0.15, 0.2) is 12.3 Å². The molecule has 0 aliphatic heterocycles. The largest absolute Gasteiger partial charge is 0.501 e. The number of hydrogen-bond donors (Lipinski definition) is 0. The van der Waals surface area contributed by atoms with Crippen LogP contribution in [0.25, 0.3) is 0 Å². The van der Waals surface area contributed by atoms with Crippen molar-refractivity contribution in [1.29, 1.82) is 0 Å². The molecule has 0 aliphatic rings. The molecule has 0 saturated carbocycles. The first-order valence-corrected chi connectivity index (χ1v) is 6.32. The van der Waals surface area contributed by atoms with Crippen molar-refractivity contribution in [3.05, 3.63) is 12.3 Å². The number of unbranched alkanes of at least 4 members (excludes halogenated alkanes) is 1. The Bertz CT molecular complexity index is 479. The molecule has 0 rings (SSSR count). The maximum atomic E-state index is 11.6. The Balaban J connectivity index is 0. The molecule has 0 unspecified atom stereocenters. The van der Waals surface area contributed by atoms with E-state index >= 15 is 0 Å². The molecule has 0 N–H and O–H groups in total. The van der Waals surface area contributed by atoms with Crippen LogP contribution in [0.3, 0.4) is 0 Å². The minimum absolute atomic E-state index is 0.331. The van der Waals surface area contributed by atoms with Gasteiger partial charge in [0.05, 0.1) is 12.9 Å². The summed E-state index contributed by atoms with van der Waals surface area (Å²) >= 11 is 0. The second kappa shape index (κ2) is 10.7. The number of ketones is 1. The molecule has 0 spiro atoms. The standard InChI is InChI=1S/C8H11F3O2.C4F6O3/c1-2-3-5-13-6-4-7(12)8(9,10)11;5-3(6,7)1(11)13-2(12)4(8,9)10/h4,6H,2-3,5H2,1H3;. The summed E-state index contributed by atoms with van der Waals surface area (Å²) in [6.07, 6.45) is -13.2. The van der Waals surface area contributed by atoms with E-state index in [1.165, 1.54) is 0 Å². The number of halogens is 9. The summed E-state index contributed by atoms with van der Waals surface area (Å²) in [7, 11) is 0. The van der Waals surface area contributed by atoms with Gasteiger partial charge in [-0.25, -0.2) is 9.59 Å². The Morgan fingerprint density at radius 3 is 1.54 bits per heavy atom. The van der Waals surface area contributed by atoms with E-state index in [4.69, 9.17) is 0 Å². The van der Waals surface area contributed by atoms with Gasteiger partial charge < -0.3 is 9.47 Å². The SMILES string of the molecule is CCCCOC=CC(=O)C(F)(F)F.O=C(OC(=O)C(F)(F)F)C(F)(F)F. The molecule has 0 radical (unpaired) electrons. The van der Waals surface area contributed by atoms with Gasteiger partial charge in [0.1, 0.15) is 0 Å². The number of ether oxygens (including phenoxy) is 2. The second-order valence-electron chi connectivity index (χ2n) is 4.06. The highest BCUT2D eigenvalue weighted by atomic mass is 19.4. The molecule has 0 aliphatic carbocycles. The van der Waals surface area contributed by atoms with Gasteiger partial charge in [0, 0.05) is 6.08 Å². The van der Waals surface area contributed by atoms with Gasteiger partial charge in [0.15, 0.2) is 0 Å². The van der Waals surface area contributed by atoms with E-state index < -0.39 is 36.3 Å². The van der Waals surface area contributed by atoms with Crippen LogP contribution < -0.4 is 0 Å². The number of carbonyl (C=O) groups is 3. The summed E-state index contributed by atoms with van der Waals surface area (Å²) in [6, 6.07) is 0. The van der Waals surface area contributed by atoms with Crippen LogP contribution in [-0.2, 0) is 23.9 Å². The summed E-state index contributed by atoms with van der Waals surface area (Å²) in [5, 5.41) is 0. The fraction of sp³-hybridized carbons (Fsp3) is 0.583. The van der Waals surface area contributed by atoms with Gasteiger partial charge >= 0.3 is 30.5 Å². The van der Waals surface area contributed by atoms with Crippen molar-refractivity contribution < 1.29 is 63.4 Å².